The average Bonchev–Trinajstić information content (AvgIpc) is 3.05. The number of likely N-dealkylation sites (N-methyl/N-ethyl adjacent to an activating group) is 1. The third kappa shape index (κ3) is 5.95. The Labute approximate surface area is 177 Å². The maximum Gasteiger partial charge on any atom is 0.305 e. The molecule has 1 heterocycles. The van der Waals surface area contributed by atoms with Gasteiger partial charge in [0.2, 0.25) is 0 Å². The second-order valence-electron chi connectivity index (χ2n) is 7.30. The first-order chi connectivity index (χ1) is 13.5. The highest BCUT2D eigenvalue weighted by Crippen LogP contribution is 2.27. The molecular formula is C22H28ClN3O3. The quantitative estimate of drug-likeness (QED) is 0.410. The van der Waals surface area contributed by atoms with Crippen molar-refractivity contribution in [3.63, 3.8) is 0 Å². The van der Waals surface area contributed by atoms with Crippen LogP contribution in [0.5, 0.6) is 5.75 Å². The van der Waals surface area contributed by atoms with Crippen molar-refractivity contribution in [2.24, 2.45) is 11.7 Å². The van der Waals surface area contributed by atoms with Crippen molar-refractivity contribution in [2.45, 2.75) is 18.9 Å². The summed E-state index contributed by atoms with van der Waals surface area (Å²) >= 11 is 0. The van der Waals surface area contributed by atoms with E-state index in [9.17, 15) is 4.79 Å². The van der Waals surface area contributed by atoms with Crippen LogP contribution in [-0.2, 0) is 9.53 Å². The number of carbonyl (C=O) groups excluding carboxylic acids is 1. The van der Waals surface area contributed by atoms with E-state index >= 15 is 0 Å². The molecule has 29 heavy (non-hydrogen) atoms. The van der Waals surface area contributed by atoms with Crippen LogP contribution in [0.1, 0.15) is 18.4 Å². The van der Waals surface area contributed by atoms with Gasteiger partial charge in [0.15, 0.2) is 0 Å². The van der Waals surface area contributed by atoms with E-state index < -0.39 is 0 Å². The van der Waals surface area contributed by atoms with E-state index in [1.807, 2.05) is 48.5 Å². The number of benzene rings is 2. The average molecular weight is 418 g/mol. The van der Waals surface area contributed by atoms with Gasteiger partial charge in [0, 0.05) is 24.6 Å². The Kier molecular flexibility index (Phi) is 8.05. The lowest BCUT2D eigenvalue weighted by Crippen LogP contribution is -2.30. The Balaban J connectivity index is 0.00000300. The molecule has 1 fully saturated rings. The minimum atomic E-state index is -0.146. The molecule has 0 aromatic heterocycles. The number of nitrogens with one attached hydrogen (secondary N) is 1. The van der Waals surface area contributed by atoms with Crippen molar-refractivity contribution in [1.82, 2.24) is 4.90 Å². The summed E-state index contributed by atoms with van der Waals surface area (Å²) in [5, 5.41) is 7.46. The topological polar surface area (TPSA) is 88.6 Å². The number of ether oxygens (including phenoxy) is 2. The van der Waals surface area contributed by atoms with Crippen LogP contribution in [0.2, 0.25) is 0 Å². The number of amidine groups is 1. The summed E-state index contributed by atoms with van der Waals surface area (Å²) in [5.41, 5.74) is 8.36. The molecule has 2 atom stereocenters. The smallest absolute Gasteiger partial charge is 0.305 e. The SMILES string of the molecule is COC(=O)C[C@@H]1C[C@@H](COc2ccc(-c3ccc(C(=N)N)cc3)cc2)N(C)C1.Cl. The molecule has 0 spiro atoms. The molecule has 1 aliphatic heterocycles. The van der Waals surface area contributed by atoms with E-state index in [1.165, 1.54) is 7.11 Å². The number of nitrogen functional groups attached to an aromatic ring is 1. The van der Waals surface area contributed by atoms with Gasteiger partial charge in [-0.1, -0.05) is 36.4 Å². The Morgan fingerprint density at radius 1 is 1.14 bits per heavy atom. The van der Waals surface area contributed by atoms with E-state index in [-0.39, 0.29) is 24.2 Å². The van der Waals surface area contributed by atoms with Gasteiger partial charge in [-0.15, -0.1) is 12.4 Å². The standard InChI is InChI=1S/C22H27N3O3.ClH/c1-25-13-15(12-21(26)27-2)11-19(25)14-28-20-9-7-17(8-10-20)16-3-5-18(6-4-16)22(23)24;/h3-10,15,19H,11-14H2,1-2H3,(H3,23,24);1H/t15-,19-;/m0./s1. The highest BCUT2D eigenvalue weighted by molar-refractivity contribution is 5.95. The zero-order valence-corrected chi connectivity index (χ0v) is 17.6. The first-order valence-corrected chi connectivity index (χ1v) is 9.41. The van der Waals surface area contributed by atoms with Gasteiger partial charge in [-0.25, -0.2) is 0 Å². The Morgan fingerprint density at radius 3 is 2.28 bits per heavy atom. The summed E-state index contributed by atoms with van der Waals surface area (Å²) < 4.78 is 10.8. The fourth-order valence-electron chi connectivity index (χ4n) is 3.64. The maximum absolute atomic E-state index is 11.5. The molecular weight excluding hydrogens is 390 g/mol. The lowest BCUT2D eigenvalue weighted by molar-refractivity contribution is -0.141. The molecule has 0 bridgehead atoms. The van der Waals surface area contributed by atoms with E-state index in [0.717, 1.165) is 35.4 Å². The van der Waals surface area contributed by atoms with Crippen LogP contribution in [0.3, 0.4) is 0 Å². The largest absolute Gasteiger partial charge is 0.492 e. The highest BCUT2D eigenvalue weighted by atomic mass is 35.5. The van der Waals surface area contributed by atoms with Gasteiger partial charge in [-0.2, -0.15) is 0 Å². The van der Waals surface area contributed by atoms with Crippen molar-refractivity contribution in [1.29, 1.82) is 5.41 Å². The number of nitrogens with zero attached hydrogens (tertiary/aromatic N) is 1. The van der Waals surface area contributed by atoms with Crippen LogP contribution in [0.15, 0.2) is 48.5 Å². The number of methoxy groups -OCH3 is 1. The van der Waals surface area contributed by atoms with Crippen LogP contribution in [0.4, 0.5) is 0 Å². The first kappa shape index (κ1) is 22.7. The van der Waals surface area contributed by atoms with Crippen molar-refractivity contribution >= 4 is 24.2 Å². The lowest BCUT2D eigenvalue weighted by Gasteiger charge is -2.19. The first-order valence-electron chi connectivity index (χ1n) is 9.41. The van der Waals surface area contributed by atoms with Crippen LogP contribution in [0, 0.1) is 11.3 Å². The van der Waals surface area contributed by atoms with Gasteiger partial charge >= 0.3 is 5.97 Å². The summed E-state index contributed by atoms with van der Waals surface area (Å²) in [7, 11) is 3.50. The predicted molar refractivity (Wildman–Crippen MR) is 117 cm³/mol. The molecule has 7 heteroatoms. The fourth-order valence-corrected chi connectivity index (χ4v) is 3.64. The normalized spacial score (nSPS) is 18.7. The molecule has 1 saturated heterocycles. The third-order valence-corrected chi connectivity index (χ3v) is 5.28. The molecule has 0 unspecified atom stereocenters. The van der Waals surface area contributed by atoms with Gasteiger partial charge in [-0.3, -0.25) is 15.1 Å². The molecule has 3 N–H and O–H groups in total. The van der Waals surface area contributed by atoms with Crippen molar-refractivity contribution in [3.8, 4) is 16.9 Å². The Morgan fingerprint density at radius 2 is 1.72 bits per heavy atom. The Bertz CT molecular complexity index is 824. The molecule has 0 amide bonds. The maximum atomic E-state index is 11.5. The van der Waals surface area contributed by atoms with E-state index in [1.54, 1.807) is 0 Å². The van der Waals surface area contributed by atoms with Crippen LogP contribution in [-0.4, -0.2) is 50.1 Å². The predicted octanol–water partition coefficient (Wildman–Crippen LogP) is 3.32. The minimum absolute atomic E-state index is 0. The number of hydrogen-bond acceptors (Lipinski definition) is 5. The highest BCUT2D eigenvalue weighted by Gasteiger charge is 2.31. The second-order valence-corrected chi connectivity index (χ2v) is 7.30. The summed E-state index contributed by atoms with van der Waals surface area (Å²) in [6.07, 6.45) is 1.40. The lowest BCUT2D eigenvalue weighted by atomic mass is 10.0. The van der Waals surface area contributed by atoms with Gasteiger partial charge in [0.05, 0.1) is 7.11 Å². The van der Waals surface area contributed by atoms with Gasteiger partial charge < -0.3 is 15.2 Å². The van der Waals surface area contributed by atoms with Crippen LogP contribution in [0.25, 0.3) is 11.1 Å². The monoisotopic (exact) mass is 417 g/mol. The van der Waals surface area contributed by atoms with E-state index in [0.29, 0.717) is 25.0 Å². The number of likely N-dealkylation sites (tertiary alicyclic amines) is 1. The van der Waals surface area contributed by atoms with E-state index in [2.05, 4.69) is 11.9 Å². The van der Waals surface area contributed by atoms with Gasteiger partial charge in [-0.05, 0) is 42.6 Å². The molecule has 0 aliphatic carbocycles. The summed E-state index contributed by atoms with van der Waals surface area (Å²) in [6, 6.07) is 15.9. The zero-order valence-electron chi connectivity index (χ0n) is 16.8. The fraction of sp³-hybridized carbons (Fsp3) is 0.364. The van der Waals surface area contributed by atoms with Crippen LogP contribution >= 0.6 is 12.4 Å². The number of carbonyl (C=O) groups is 1. The molecule has 156 valence electrons. The molecule has 1 aliphatic rings. The zero-order chi connectivity index (χ0) is 20.1. The van der Waals surface area contributed by atoms with Crippen molar-refractivity contribution < 1.29 is 14.3 Å². The number of nitrogens with two attached hydrogens (primary N) is 1. The number of hydrogen-bond donors (Lipinski definition) is 2. The molecule has 3 rings (SSSR count). The minimum Gasteiger partial charge on any atom is -0.492 e. The van der Waals surface area contributed by atoms with Crippen molar-refractivity contribution in [3.05, 3.63) is 54.1 Å². The summed E-state index contributed by atoms with van der Waals surface area (Å²) in [4.78, 5) is 13.7. The number of halogens is 1. The van der Waals surface area contributed by atoms with Crippen LogP contribution < -0.4 is 10.5 Å². The number of rotatable bonds is 7. The number of esters is 1. The summed E-state index contributed by atoms with van der Waals surface area (Å²) in [5.74, 6) is 1.08. The third-order valence-electron chi connectivity index (χ3n) is 5.28. The van der Waals surface area contributed by atoms with E-state index in [4.69, 9.17) is 20.6 Å². The van der Waals surface area contributed by atoms with Gasteiger partial charge in [0.1, 0.15) is 18.2 Å². The molecule has 0 radical (unpaired) electrons. The molecule has 6 nitrogen and oxygen atoms in total. The molecule has 2 aromatic carbocycles. The summed E-state index contributed by atoms with van der Waals surface area (Å²) in [6.45, 7) is 1.49. The van der Waals surface area contributed by atoms with Gasteiger partial charge in [0.25, 0.3) is 0 Å². The molecule has 0 saturated carbocycles. The van der Waals surface area contributed by atoms with Crippen molar-refractivity contribution in [2.75, 3.05) is 27.3 Å². The Hall–Kier alpha value is -2.57. The second kappa shape index (κ2) is 10.3. The molecule has 2 aromatic rings.